The molecule has 1 saturated heterocycles. The number of halogens is 1. The van der Waals surface area contributed by atoms with Gasteiger partial charge in [-0.25, -0.2) is 4.79 Å². The molecule has 2 rings (SSSR count). The van der Waals surface area contributed by atoms with Crippen LogP contribution in [-0.4, -0.2) is 60.3 Å². The van der Waals surface area contributed by atoms with Gasteiger partial charge in [0.15, 0.2) is 0 Å². The first kappa shape index (κ1) is 22.1. The minimum atomic E-state index is -1.36. The Kier molecular flexibility index (Phi) is 8.69. The Morgan fingerprint density at radius 1 is 1.18 bits per heavy atom. The minimum absolute atomic E-state index is 0.0298. The average molecular weight is 412 g/mol. The summed E-state index contributed by atoms with van der Waals surface area (Å²) < 4.78 is 0. The summed E-state index contributed by atoms with van der Waals surface area (Å²) in [4.78, 5) is 35.7. The molecule has 0 radical (unpaired) electrons. The zero-order valence-corrected chi connectivity index (χ0v) is 16.2. The van der Waals surface area contributed by atoms with Crippen LogP contribution in [0.1, 0.15) is 30.7 Å². The van der Waals surface area contributed by atoms with Crippen LogP contribution in [0.25, 0.3) is 0 Å². The van der Waals surface area contributed by atoms with Crippen molar-refractivity contribution in [1.82, 2.24) is 16.0 Å². The molecule has 1 aliphatic rings. The lowest BCUT2D eigenvalue weighted by Gasteiger charge is -2.24. The highest BCUT2D eigenvalue weighted by molar-refractivity contribution is 6.30. The van der Waals surface area contributed by atoms with Crippen molar-refractivity contribution in [2.75, 3.05) is 26.2 Å². The molecule has 5 N–H and O–H groups in total. The van der Waals surface area contributed by atoms with E-state index in [1.165, 1.54) is 0 Å². The van der Waals surface area contributed by atoms with E-state index in [-0.39, 0.29) is 30.7 Å². The van der Waals surface area contributed by atoms with Gasteiger partial charge in [-0.15, -0.1) is 0 Å². The number of hydrogen-bond acceptors (Lipinski definition) is 5. The van der Waals surface area contributed by atoms with Crippen molar-refractivity contribution in [3.05, 3.63) is 34.9 Å². The number of benzene rings is 1. The van der Waals surface area contributed by atoms with Crippen LogP contribution in [0.2, 0.25) is 5.02 Å². The fraction of sp³-hybridized carbons (Fsp3) is 0.526. The number of piperidine rings is 1. The summed E-state index contributed by atoms with van der Waals surface area (Å²) in [7, 11) is 0. The van der Waals surface area contributed by atoms with Gasteiger partial charge < -0.3 is 26.2 Å². The summed E-state index contributed by atoms with van der Waals surface area (Å²) >= 11 is 5.93. The second kappa shape index (κ2) is 11.0. The second-order valence-electron chi connectivity index (χ2n) is 6.86. The second-order valence-corrected chi connectivity index (χ2v) is 7.30. The number of carbonyl (C=O) groups excluding carboxylic acids is 2. The first-order valence-electron chi connectivity index (χ1n) is 9.27. The molecule has 154 valence electrons. The summed E-state index contributed by atoms with van der Waals surface area (Å²) in [6.45, 7) is 1.16. The Balaban J connectivity index is 2.02. The number of carboxylic acids is 1. The van der Waals surface area contributed by atoms with E-state index in [0.717, 1.165) is 31.5 Å². The molecule has 2 amide bonds. The molecule has 1 aromatic rings. The molecule has 8 nitrogen and oxygen atoms in total. The van der Waals surface area contributed by atoms with Crippen LogP contribution in [0.15, 0.2) is 24.3 Å². The van der Waals surface area contributed by atoms with Gasteiger partial charge in [0.2, 0.25) is 11.8 Å². The van der Waals surface area contributed by atoms with Crippen molar-refractivity contribution in [1.29, 1.82) is 0 Å². The van der Waals surface area contributed by atoms with E-state index in [0.29, 0.717) is 5.02 Å². The Morgan fingerprint density at radius 2 is 1.82 bits per heavy atom. The smallest absolute Gasteiger partial charge is 0.328 e. The van der Waals surface area contributed by atoms with Gasteiger partial charge in [0, 0.05) is 29.8 Å². The Bertz CT molecular complexity index is 677. The quantitative estimate of drug-likeness (QED) is 0.402. The Labute approximate surface area is 168 Å². The minimum Gasteiger partial charge on any atom is -0.480 e. The monoisotopic (exact) mass is 411 g/mol. The fourth-order valence-corrected chi connectivity index (χ4v) is 3.28. The van der Waals surface area contributed by atoms with Crippen molar-refractivity contribution >= 4 is 29.4 Å². The van der Waals surface area contributed by atoms with E-state index in [4.69, 9.17) is 21.8 Å². The van der Waals surface area contributed by atoms with Crippen LogP contribution in [-0.2, 0) is 14.4 Å². The number of aliphatic hydroxyl groups excluding tert-OH is 1. The molecular formula is C19H26ClN3O5. The molecule has 2 atom stereocenters. The SMILES string of the molecule is O=C(CC(CNC(=O)C1CCNCC1)c1ccc(Cl)cc1)N[C@@H](CO)C(=O)O. The molecule has 9 heteroatoms. The molecular weight excluding hydrogens is 386 g/mol. The molecule has 1 unspecified atom stereocenters. The number of aliphatic hydroxyl groups is 1. The van der Waals surface area contributed by atoms with Crippen molar-refractivity contribution in [2.45, 2.75) is 31.2 Å². The van der Waals surface area contributed by atoms with Gasteiger partial charge in [-0.3, -0.25) is 9.59 Å². The van der Waals surface area contributed by atoms with Gasteiger partial charge in [-0.2, -0.15) is 0 Å². The maximum Gasteiger partial charge on any atom is 0.328 e. The lowest BCUT2D eigenvalue weighted by molar-refractivity contribution is -0.143. The predicted molar refractivity (Wildman–Crippen MR) is 104 cm³/mol. The van der Waals surface area contributed by atoms with Crippen molar-refractivity contribution < 1.29 is 24.6 Å². The van der Waals surface area contributed by atoms with Crippen LogP contribution < -0.4 is 16.0 Å². The van der Waals surface area contributed by atoms with E-state index in [1.54, 1.807) is 24.3 Å². The van der Waals surface area contributed by atoms with Crippen molar-refractivity contribution in [3.8, 4) is 0 Å². The highest BCUT2D eigenvalue weighted by Gasteiger charge is 2.25. The van der Waals surface area contributed by atoms with Crippen LogP contribution in [0.5, 0.6) is 0 Å². The van der Waals surface area contributed by atoms with E-state index < -0.39 is 24.5 Å². The third kappa shape index (κ3) is 6.78. The normalized spacial score (nSPS) is 16.8. The largest absolute Gasteiger partial charge is 0.480 e. The Hall–Kier alpha value is -2.16. The van der Waals surface area contributed by atoms with Gasteiger partial charge in [0.25, 0.3) is 0 Å². The van der Waals surface area contributed by atoms with Crippen LogP contribution in [0.4, 0.5) is 0 Å². The molecule has 1 fully saturated rings. The maximum absolute atomic E-state index is 12.4. The average Bonchev–Trinajstić information content (AvgIpc) is 2.70. The molecule has 0 bridgehead atoms. The molecule has 0 spiro atoms. The van der Waals surface area contributed by atoms with Gasteiger partial charge in [0.05, 0.1) is 6.61 Å². The Morgan fingerprint density at radius 3 is 2.39 bits per heavy atom. The molecule has 1 aromatic carbocycles. The van der Waals surface area contributed by atoms with Crippen molar-refractivity contribution in [3.63, 3.8) is 0 Å². The van der Waals surface area contributed by atoms with Gasteiger partial charge in [-0.1, -0.05) is 23.7 Å². The number of hydrogen-bond donors (Lipinski definition) is 5. The predicted octanol–water partition coefficient (Wildman–Crippen LogP) is 0.491. The van der Waals surface area contributed by atoms with Crippen LogP contribution in [0, 0.1) is 5.92 Å². The zero-order chi connectivity index (χ0) is 20.5. The topological polar surface area (TPSA) is 128 Å². The zero-order valence-electron chi connectivity index (χ0n) is 15.5. The fourth-order valence-electron chi connectivity index (χ4n) is 3.16. The first-order chi connectivity index (χ1) is 13.4. The summed E-state index contributed by atoms with van der Waals surface area (Å²) in [5.41, 5.74) is 0.807. The van der Waals surface area contributed by atoms with E-state index in [2.05, 4.69) is 16.0 Å². The standard InChI is InChI=1S/C19H26ClN3O5/c20-15-3-1-12(2-4-15)14(9-17(25)23-16(11-24)19(27)28)10-22-18(26)13-5-7-21-8-6-13/h1-4,13-14,16,21,24H,5-11H2,(H,22,26)(H,23,25)(H,27,28)/t14?,16-/m0/s1. The molecule has 1 heterocycles. The summed E-state index contributed by atoms with van der Waals surface area (Å²) in [5.74, 6) is -2.27. The van der Waals surface area contributed by atoms with Gasteiger partial charge in [-0.05, 0) is 43.6 Å². The lowest BCUT2D eigenvalue weighted by atomic mass is 9.93. The van der Waals surface area contributed by atoms with E-state index >= 15 is 0 Å². The third-order valence-corrected chi connectivity index (χ3v) is 5.07. The van der Waals surface area contributed by atoms with Crippen LogP contribution >= 0.6 is 11.6 Å². The number of amides is 2. The summed E-state index contributed by atoms with van der Waals surface area (Å²) in [6, 6.07) is 5.59. The third-order valence-electron chi connectivity index (χ3n) is 4.82. The van der Waals surface area contributed by atoms with E-state index in [1.807, 2.05) is 0 Å². The number of nitrogens with one attached hydrogen (secondary N) is 3. The highest BCUT2D eigenvalue weighted by Crippen LogP contribution is 2.22. The number of rotatable bonds is 9. The van der Waals surface area contributed by atoms with Gasteiger partial charge in [0.1, 0.15) is 6.04 Å². The number of carboxylic acid groups (broad SMARTS) is 1. The molecule has 0 saturated carbocycles. The molecule has 28 heavy (non-hydrogen) atoms. The van der Waals surface area contributed by atoms with E-state index in [9.17, 15) is 14.4 Å². The van der Waals surface area contributed by atoms with Crippen LogP contribution in [0.3, 0.4) is 0 Å². The number of aliphatic carboxylic acids is 1. The summed E-state index contributed by atoms with van der Waals surface area (Å²) in [6.07, 6.45) is 1.52. The van der Waals surface area contributed by atoms with Crippen molar-refractivity contribution in [2.24, 2.45) is 5.92 Å². The first-order valence-corrected chi connectivity index (χ1v) is 9.65. The lowest BCUT2D eigenvalue weighted by Crippen LogP contribution is -2.44. The molecule has 1 aliphatic heterocycles. The summed E-state index contributed by atoms with van der Waals surface area (Å²) in [5, 5.41) is 27.0. The molecule has 0 aromatic heterocycles. The maximum atomic E-state index is 12.4. The highest BCUT2D eigenvalue weighted by atomic mass is 35.5. The molecule has 0 aliphatic carbocycles. The van der Waals surface area contributed by atoms with Gasteiger partial charge >= 0.3 is 5.97 Å². The number of carbonyl (C=O) groups is 3.